The molecule has 0 saturated carbocycles. The van der Waals surface area contributed by atoms with Gasteiger partial charge in [-0.3, -0.25) is 0 Å². The van der Waals surface area contributed by atoms with Crippen LogP contribution in [0.3, 0.4) is 0 Å². The third kappa shape index (κ3) is 5.57. The summed E-state index contributed by atoms with van der Waals surface area (Å²) in [6.45, 7) is 2.63. The summed E-state index contributed by atoms with van der Waals surface area (Å²) in [5.74, 6) is 0.909. The van der Waals surface area contributed by atoms with E-state index in [1.165, 1.54) is 5.56 Å². The number of benzene rings is 2. The first-order valence-corrected chi connectivity index (χ1v) is 5.00. The first kappa shape index (κ1) is 16.5. The van der Waals surface area contributed by atoms with Gasteiger partial charge in [-0.25, -0.2) is 0 Å². The molecule has 0 aliphatic carbocycles. The molecule has 0 N–H and O–H groups in total. The van der Waals surface area contributed by atoms with Gasteiger partial charge < -0.3 is 21.7 Å². The second kappa shape index (κ2) is 8.56. The van der Waals surface area contributed by atoms with E-state index in [-0.39, 0.29) is 40.0 Å². The van der Waals surface area contributed by atoms with E-state index in [1.54, 1.807) is 0 Å². The molecule has 0 bridgehead atoms. The van der Waals surface area contributed by atoms with Crippen LogP contribution in [0.15, 0.2) is 48.5 Å². The summed E-state index contributed by atoms with van der Waals surface area (Å²) in [5, 5.41) is 0. The van der Waals surface area contributed by atoms with Gasteiger partial charge in [0.2, 0.25) is 0 Å². The first-order chi connectivity index (χ1) is 7.34. The Bertz CT molecular complexity index is 431. The van der Waals surface area contributed by atoms with Crippen molar-refractivity contribution in [2.45, 2.75) is 13.5 Å². The Hall–Kier alpha value is -0.514. The molecule has 0 aliphatic heterocycles. The van der Waals surface area contributed by atoms with Crippen molar-refractivity contribution >= 4 is 23.1 Å². The topological polar surface area (TPSA) is 9.23 Å². The van der Waals surface area contributed by atoms with Crippen molar-refractivity contribution in [2.24, 2.45) is 0 Å². The Balaban J connectivity index is 0.00000128. The summed E-state index contributed by atoms with van der Waals surface area (Å²) in [6, 6.07) is 19.0. The first-order valence-electron chi connectivity index (χ1n) is 5.00. The second-order valence-corrected chi connectivity index (χ2v) is 3.49. The summed E-state index contributed by atoms with van der Waals surface area (Å²) < 4.78 is 5.64. The Kier molecular flexibility index (Phi) is 8.30. The maximum absolute atomic E-state index is 5.64. The fourth-order valence-corrected chi connectivity index (χ4v) is 1.39. The summed E-state index contributed by atoms with van der Waals surface area (Å²) >= 11 is 0. The second-order valence-electron chi connectivity index (χ2n) is 3.49. The van der Waals surface area contributed by atoms with Crippen molar-refractivity contribution in [1.29, 1.82) is 0 Å². The van der Waals surface area contributed by atoms with Gasteiger partial charge in [-0.1, -0.05) is 12.1 Å². The quantitative estimate of drug-likeness (QED) is 0.573. The van der Waals surface area contributed by atoms with Crippen molar-refractivity contribution in [1.82, 2.24) is 0 Å². The normalized spacial score (nSPS) is 8.76. The third-order valence-corrected chi connectivity index (χ3v) is 2.16. The van der Waals surface area contributed by atoms with E-state index in [0.29, 0.717) is 6.61 Å². The van der Waals surface area contributed by atoms with Crippen LogP contribution in [0.5, 0.6) is 5.75 Å². The van der Waals surface area contributed by atoms with E-state index in [2.05, 4.69) is 19.1 Å². The number of halogens is 1. The van der Waals surface area contributed by atoms with E-state index in [0.717, 1.165) is 11.3 Å². The zero-order valence-corrected chi connectivity index (χ0v) is 12.8. The SMILES string of the molecule is Cc1cccc(OCc2[c-]cccc2)c1.[Br-].[Mg+2]. The average Bonchev–Trinajstić information content (AvgIpc) is 2.28. The molecule has 0 saturated heterocycles. The molecule has 84 valence electrons. The van der Waals surface area contributed by atoms with Gasteiger partial charge in [0.15, 0.2) is 0 Å². The summed E-state index contributed by atoms with van der Waals surface area (Å²) in [6.07, 6.45) is 0. The van der Waals surface area contributed by atoms with Crippen LogP contribution < -0.4 is 21.7 Å². The minimum atomic E-state index is 0. The van der Waals surface area contributed by atoms with Crippen LogP contribution in [0, 0.1) is 13.0 Å². The van der Waals surface area contributed by atoms with Gasteiger partial charge in [-0.2, -0.15) is 30.3 Å². The molecular formula is C14H13BrMgO. The molecule has 0 atom stereocenters. The molecule has 3 heteroatoms. The van der Waals surface area contributed by atoms with Crippen molar-refractivity contribution in [3.63, 3.8) is 0 Å². The van der Waals surface area contributed by atoms with Gasteiger partial charge in [0.05, 0.1) is 6.61 Å². The molecule has 2 rings (SSSR count). The number of rotatable bonds is 3. The maximum atomic E-state index is 5.64. The fourth-order valence-electron chi connectivity index (χ4n) is 1.39. The van der Waals surface area contributed by atoms with Crippen LogP contribution in [0.2, 0.25) is 0 Å². The van der Waals surface area contributed by atoms with Crippen LogP contribution in [0.4, 0.5) is 0 Å². The molecule has 1 nitrogen and oxygen atoms in total. The van der Waals surface area contributed by atoms with E-state index < -0.39 is 0 Å². The van der Waals surface area contributed by atoms with Crippen molar-refractivity contribution in [2.75, 3.05) is 0 Å². The molecule has 0 aromatic heterocycles. The Labute approximate surface area is 129 Å². The summed E-state index contributed by atoms with van der Waals surface area (Å²) in [7, 11) is 0. The monoisotopic (exact) mass is 300 g/mol. The Morgan fingerprint density at radius 2 is 1.94 bits per heavy atom. The Morgan fingerprint density at radius 3 is 2.59 bits per heavy atom. The number of ether oxygens (including phenoxy) is 1. The zero-order valence-electron chi connectivity index (χ0n) is 9.82. The van der Waals surface area contributed by atoms with Gasteiger partial charge in [0, 0.05) is 0 Å². The molecule has 2 aromatic carbocycles. The van der Waals surface area contributed by atoms with Crippen molar-refractivity contribution in [3.05, 3.63) is 65.7 Å². The fraction of sp³-hybridized carbons (Fsp3) is 0.143. The predicted molar refractivity (Wildman–Crippen MR) is 66.5 cm³/mol. The van der Waals surface area contributed by atoms with E-state index in [4.69, 9.17) is 4.74 Å². The van der Waals surface area contributed by atoms with E-state index in [1.807, 2.05) is 42.5 Å². The van der Waals surface area contributed by atoms with E-state index in [9.17, 15) is 0 Å². The van der Waals surface area contributed by atoms with Gasteiger partial charge in [-0.05, 0) is 24.6 Å². The molecule has 2 aromatic rings. The molecule has 0 amide bonds. The van der Waals surface area contributed by atoms with Crippen LogP contribution in [0.1, 0.15) is 11.1 Å². The Morgan fingerprint density at radius 1 is 1.12 bits per heavy atom. The standard InChI is InChI=1S/C14H13O.BrH.Mg/c1-12-6-5-9-14(10-12)15-11-13-7-3-2-4-8-13;;/h2-7,9-10H,11H2,1H3;1H;/q-1;;+2/p-1. The number of aryl methyl sites for hydroxylation is 1. The summed E-state index contributed by atoms with van der Waals surface area (Å²) in [4.78, 5) is 0. The molecule has 0 unspecified atom stereocenters. The molecule has 0 aliphatic rings. The van der Waals surface area contributed by atoms with E-state index >= 15 is 0 Å². The van der Waals surface area contributed by atoms with Crippen molar-refractivity contribution < 1.29 is 21.7 Å². The van der Waals surface area contributed by atoms with Crippen LogP contribution in [-0.4, -0.2) is 23.1 Å². The largest absolute Gasteiger partial charge is 2.00 e. The van der Waals surface area contributed by atoms with Crippen molar-refractivity contribution in [3.8, 4) is 5.75 Å². The van der Waals surface area contributed by atoms with Gasteiger partial charge in [0.25, 0.3) is 0 Å². The molecule has 0 heterocycles. The molecule has 0 fully saturated rings. The minimum Gasteiger partial charge on any atom is -1.00 e. The zero-order chi connectivity index (χ0) is 10.5. The van der Waals surface area contributed by atoms with Gasteiger partial charge in [0.1, 0.15) is 5.75 Å². The number of hydrogen-bond acceptors (Lipinski definition) is 1. The minimum absolute atomic E-state index is 0. The maximum Gasteiger partial charge on any atom is 2.00 e. The third-order valence-electron chi connectivity index (χ3n) is 2.16. The van der Waals surface area contributed by atoms with Gasteiger partial charge in [-0.15, -0.1) is 5.56 Å². The van der Waals surface area contributed by atoms with Crippen LogP contribution in [0.25, 0.3) is 0 Å². The molecular weight excluding hydrogens is 288 g/mol. The average molecular weight is 301 g/mol. The smallest absolute Gasteiger partial charge is 1.00 e. The molecule has 0 radical (unpaired) electrons. The molecule has 17 heavy (non-hydrogen) atoms. The van der Waals surface area contributed by atoms with Crippen LogP contribution >= 0.6 is 0 Å². The van der Waals surface area contributed by atoms with Gasteiger partial charge >= 0.3 is 23.1 Å². The predicted octanol–water partition coefficient (Wildman–Crippen LogP) is -0.00259. The molecule has 0 spiro atoms. The van der Waals surface area contributed by atoms with Crippen LogP contribution in [-0.2, 0) is 6.61 Å². The summed E-state index contributed by atoms with van der Waals surface area (Å²) in [5.41, 5.74) is 2.28. The number of hydrogen-bond donors (Lipinski definition) is 0.